The van der Waals surface area contributed by atoms with E-state index in [1.165, 1.54) is 29.2 Å². The molecule has 0 saturated heterocycles. The van der Waals surface area contributed by atoms with Gasteiger partial charge in [0, 0.05) is 6.20 Å². The van der Waals surface area contributed by atoms with E-state index < -0.39 is 29.8 Å². The van der Waals surface area contributed by atoms with Gasteiger partial charge in [0.1, 0.15) is 23.7 Å². The molecular weight excluding hydrogens is 480 g/mol. The van der Waals surface area contributed by atoms with Gasteiger partial charge in [0.25, 0.3) is 0 Å². The zero-order chi connectivity index (χ0) is 25.9. The van der Waals surface area contributed by atoms with Crippen LogP contribution in [-0.4, -0.2) is 57.9 Å². The van der Waals surface area contributed by atoms with Crippen LogP contribution in [0.25, 0.3) is 22.8 Å². The first-order valence-corrected chi connectivity index (χ1v) is 12.1. The highest BCUT2D eigenvalue weighted by molar-refractivity contribution is 5.64. The molecule has 1 fully saturated rings. The zero-order valence-corrected chi connectivity index (χ0v) is 20.3. The van der Waals surface area contributed by atoms with Crippen LogP contribution < -0.4 is 0 Å². The van der Waals surface area contributed by atoms with E-state index >= 15 is 0 Å². The number of nitrogens with zero attached hydrogens (tertiary/aromatic N) is 7. The third-order valence-electron chi connectivity index (χ3n) is 8.11. The lowest BCUT2D eigenvalue weighted by molar-refractivity contribution is 0.0786. The lowest BCUT2D eigenvalue weighted by Gasteiger charge is -2.37. The molecule has 190 valence electrons. The van der Waals surface area contributed by atoms with Gasteiger partial charge in [-0.1, -0.05) is 19.9 Å². The van der Waals surface area contributed by atoms with Crippen molar-refractivity contribution < 1.29 is 19.0 Å². The highest BCUT2D eigenvalue weighted by Gasteiger charge is 2.65. The van der Waals surface area contributed by atoms with Crippen molar-refractivity contribution in [2.24, 2.45) is 5.41 Å². The quantitative estimate of drug-likeness (QED) is 0.410. The Morgan fingerprint density at radius 3 is 2.68 bits per heavy atom. The van der Waals surface area contributed by atoms with Crippen molar-refractivity contribution in [2.45, 2.75) is 50.7 Å². The minimum Gasteiger partial charge on any atom is -0.394 e. The lowest BCUT2D eigenvalue weighted by Crippen LogP contribution is -2.38. The largest absolute Gasteiger partial charge is 0.394 e. The average Bonchev–Trinajstić information content (AvgIpc) is 3.51. The van der Waals surface area contributed by atoms with Gasteiger partial charge in [-0.05, 0) is 47.9 Å². The highest BCUT2D eigenvalue weighted by atomic mass is 19.1. The number of hydrogen-bond acceptors (Lipinski definition) is 8. The zero-order valence-electron chi connectivity index (χ0n) is 20.3. The maximum Gasteiger partial charge on any atom is 0.178 e. The summed E-state index contributed by atoms with van der Waals surface area (Å²) in [7, 11) is 0. The van der Waals surface area contributed by atoms with E-state index in [0.29, 0.717) is 17.2 Å². The van der Waals surface area contributed by atoms with Crippen molar-refractivity contribution in [1.29, 1.82) is 0 Å². The molecule has 6 rings (SSSR count). The SMILES string of the molecule is CC1(C)[C@H]2CC[C@]1(c1cncc(-c3ncnn3C[C@H](O)CO)n1)c1nnc(-c3c(F)cccc3F)cc12. The molecule has 0 unspecified atom stereocenters. The van der Waals surface area contributed by atoms with Crippen LogP contribution >= 0.6 is 0 Å². The van der Waals surface area contributed by atoms with Crippen molar-refractivity contribution in [3.63, 3.8) is 0 Å². The number of halogens is 2. The molecule has 3 heterocycles. The number of aliphatic hydroxyl groups is 2. The fraction of sp³-hybridized carbons (Fsp3) is 0.385. The van der Waals surface area contributed by atoms with Gasteiger partial charge in [-0.3, -0.25) is 4.98 Å². The number of benzene rings is 1. The summed E-state index contributed by atoms with van der Waals surface area (Å²) in [6.45, 7) is 3.96. The smallest absolute Gasteiger partial charge is 0.178 e. The van der Waals surface area contributed by atoms with Gasteiger partial charge in [-0.2, -0.15) is 10.2 Å². The van der Waals surface area contributed by atoms with Gasteiger partial charge in [-0.15, -0.1) is 5.10 Å². The maximum absolute atomic E-state index is 14.5. The van der Waals surface area contributed by atoms with Gasteiger partial charge in [0.05, 0.1) is 53.5 Å². The minimum absolute atomic E-state index is 0.0557. The third-order valence-corrected chi connectivity index (χ3v) is 8.11. The second kappa shape index (κ2) is 8.42. The predicted octanol–water partition coefficient (Wildman–Crippen LogP) is 3.03. The Hall–Kier alpha value is -3.70. The van der Waals surface area contributed by atoms with Crippen molar-refractivity contribution in [1.82, 2.24) is 34.9 Å². The molecule has 2 aliphatic rings. The van der Waals surface area contributed by atoms with Crippen LogP contribution in [-0.2, 0) is 12.0 Å². The summed E-state index contributed by atoms with van der Waals surface area (Å²) in [5, 5.41) is 32.1. The van der Waals surface area contributed by atoms with Crippen molar-refractivity contribution in [3.05, 3.63) is 71.6 Å². The second-order valence-electron chi connectivity index (χ2n) is 10.2. The normalized spacial score (nSPS) is 22.3. The Kier molecular flexibility index (Phi) is 5.39. The van der Waals surface area contributed by atoms with Crippen LogP contribution in [0.1, 0.15) is 49.6 Å². The summed E-state index contributed by atoms with van der Waals surface area (Å²) in [6, 6.07) is 5.52. The molecule has 2 bridgehead atoms. The summed E-state index contributed by atoms with van der Waals surface area (Å²) in [5.41, 5.74) is 1.91. The first kappa shape index (κ1) is 23.7. The Bertz CT molecular complexity index is 1490. The molecule has 1 aromatic carbocycles. The fourth-order valence-corrected chi connectivity index (χ4v) is 6.29. The molecule has 0 amide bonds. The summed E-state index contributed by atoms with van der Waals surface area (Å²) in [6.07, 6.45) is 5.30. The van der Waals surface area contributed by atoms with E-state index in [1.54, 1.807) is 18.5 Å². The molecule has 4 aromatic rings. The van der Waals surface area contributed by atoms with E-state index in [1.807, 2.05) is 0 Å². The van der Waals surface area contributed by atoms with Crippen LogP contribution in [0, 0.1) is 17.0 Å². The van der Waals surface area contributed by atoms with E-state index in [2.05, 4.69) is 39.1 Å². The van der Waals surface area contributed by atoms with Gasteiger partial charge in [0.2, 0.25) is 0 Å². The average molecular weight is 506 g/mol. The predicted molar refractivity (Wildman–Crippen MR) is 128 cm³/mol. The van der Waals surface area contributed by atoms with E-state index in [9.17, 15) is 19.0 Å². The summed E-state index contributed by atoms with van der Waals surface area (Å²) < 4.78 is 30.5. The molecule has 2 aliphatic carbocycles. The Morgan fingerprint density at radius 1 is 1.14 bits per heavy atom. The molecular formula is C26H25F2N7O2. The van der Waals surface area contributed by atoms with Gasteiger partial charge in [-0.25, -0.2) is 23.4 Å². The summed E-state index contributed by atoms with van der Waals surface area (Å²) in [5.74, 6) is -0.846. The van der Waals surface area contributed by atoms with E-state index in [4.69, 9.17) is 4.98 Å². The molecule has 3 atom stereocenters. The fourth-order valence-electron chi connectivity index (χ4n) is 6.29. The van der Waals surface area contributed by atoms with Crippen LogP contribution in [0.2, 0.25) is 0 Å². The monoisotopic (exact) mass is 505 g/mol. The van der Waals surface area contributed by atoms with E-state index in [-0.39, 0.29) is 29.1 Å². The van der Waals surface area contributed by atoms with Crippen LogP contribution in [0.3, 0.4) is 0 Å². The van der Waals surface area contributed by atoms with Crippen LogP contribution in [0.5, 0.6) is 0 Å². The Balaban J connectivity index is 1.47. The van der Waals surface area contributed by atoms with Crippen molar-refractivity contribution >= 4 is 0 Å². The molecule has 0 aliphatic heterocycles. The molecule has 0 radical (unpaired) electrons. The maximum atomic E-state index is 14.5. The third kappa shape index (κ3) is 3.33. The molecule has 11 heteroatoms. The molecule has 1 saturated carbocycles. The van der Waals surface area contributed by atoms with Crippen LogP contribution in [0.4, 0.5) is 8.78 Å². The number of rotatable bonds is 6. The topological polar surface area (TPSA) is 123 Å². The molecule has 0 spiro atoms. The van der Waals surface area contributed by atoms with Crippen molar-refractivity contribution in [2.75, 3.05) is 6.61 Å². The minimum atomic E-state index is -0.991. The number of aromatic nitrogens is 7. The van der Waals surface area contributed by atoms with Crippen LogP contribution in [0.15, 0.2) is 43.0 Å². The van der Waals surface area contributed by atoms with Gasteiger partial charge < -0.3 is 10.2 Å². The number of fused-ring (bicyclic) bond motifs is 5. The van der Waals surface area contributed by atoms with Gasteiger partial charge >= 0.3 is 0 Å². The standard InChI is InChI=1S/C26H25F2N7O2/c1-25(2)16-6-7-26(25,23-15(16)8-19(33-34-23)22-17(27)4-3-5-18(22)28)21-10-29-9-20(32-21)24-30-13-31-35(24)11-14(37)12-36/h3-5,8-10,13-14,16,36-37H,6-7,11-12H2,1-2H3/t14-,16-,26-/m0/s1. The summed E-state index contributed by atoms with van der Waals surface area (Å²) >= 11 is 0. The highest BCUT2D eigenvalue weighted by Crippen LogP contribution is 2.69. The molecule has 2 N–H and O–H groups in total. The molecule has 37 heavy (non-hydrogen) atoms. The first-order chi connectivity index (χ1) is 17.8. The van der Waals surface area contributed by atoms with Gasteiger partial charge in [0.15, 0.2) is 5.82 Å². The number of hydrogen-bond donors (Lipinski definition) is 2. The lowest BCUT2D eigenvalue weighted by atomic mass is 9.66. The summed E-state index contributed by atoms with van der Waals surface area (Å²) in [4.78, 5) is 13.7. The second-order valence-corrected chi connectivity index (χ2v) is 10.2. The number of aliphatic hydroxyl groups excluding tert-OH is 2. The Labute approximate surface area is 211 Å². The molecule has 3 aromatic heterocycles. The Morgan fingerprint density at radius 2 is 1.92 bits per heavy atom. The first-order valence-electron chi connectivity index (χ1n) is 12.1. The van der Waals surface area contributed by atoms with Crippen molar-refractivity contribution in [3.8, 4) is 22.8 Å². The van der Waals surface area contributed by atoms with E-state index in [0.717, 1.165) is 24.1 Å². The molecule has 9 nitrogen and oxygen atoms in total.